The van der Waals surface area contributed by atoms with Crippen LogP contribution < -0.4 is 16.1 Å². The molecule has 0 bridgehead atoms. The van der Waals surface area contributed by atoms with Crippen molar-refractivity contribution in [3.63, 3.8) is 0 Å². The Morgan fingerprint density at radius 3 is 2.65 bits per heavy atom. The Morgan fingerprint density at radius 1 is 1.35 bits per heavy atom. The zero-order valence-electron chi connectivity index (χ0n) is 11.1. The third kappa shape index (κ3) is 3.69. The summed E-state index contributed by atoms with van der Waals surface area (Å²) in [6.07, 6.45) is 0.593. The minimum atomic E-state index is -0.767. The predicted octanol–water partition coefficient (Wildman–Crippen LogP) is 0.133. The van der Waals surface area contributed by atoms with Gasteiger partial charge in [0.15, 0.2) is 0 Å². The standard InChI is InChI=1S/C13H17N3O3.ClH/c1-8(12(17)16-19)15-13(18)11-6-9-4-2-3-5-10(9)7-14-11;/h2-5,8,11,14,19H,6-7H2,1H3,(H,15,18)(H,16,17);1H/t8-,11-;/m0./s1. The van der Waals surface area contributed by atoms with Crippen LogP contribution in [0.4, 0.5) is 0 Å². The molecule has 0 saturated heterocycles. The Bertz CT molecular complexity index is 496. The first-order valence-electron chi connectivity index (χ1n) is 6.16. The van der Waals surface area contributed by atoms with E-state index in [9.17, 15) is 9.59 Å². The Morgan fingerprint density at radius 2 is 2.00 bits per heavy atom. The fraction of sp³-hybridized carbons (Fsp3) is 0.385. The molecule has 0 radical (unpaired) electrons. The van der Waals surface area contributed by atoms with Gasteiger partial charge in [0.05, 0.1) is 6.04 Å². The van der Waals surface area contributed by atoms with E-state index in [1.165, 1.54) is 18.0 Å². The molecule has 2 rings (SSSR count). The molecule has 1 aromatic carbocycles. The molecular formula is C13H18ClN3O3. The van der Waals surface area contributed by atoms with Gasteiger partial charge in [0.2, 0.25) is 5.91 Å². The molecule has 6 nitrogen and oxygen atoms in total. The van der Waals surface area contributed by atoms with E-state index in [4.69, 9.17) is 5.21 Å². The maximum Gasteiger partial charge on any atom is 0.265 e. The van der Waals surface area contributed by atoms with Gasteiger partial charge in [-0.25, -0.2) is 5.48 Å². The van der Waals surface area contributed by atoms with Crippen molar-refractivity contribution < 1.29 is 14.8 Å². The summed E-state index contributed by atoms with van der Waals surface area (Å²) < 4.78 is 0. The van der Waals surface area contributed by atoms with Crippen LogP contribution in [0.2, 0.25) is 0 Å². The van der Waals surface area contributed by atoms with Crippen LogP contribution in [0.5, 0.6) is 0 Å². The summed E-state index contributed by atoms with van der Waals surface area (Å²) in [5.74, 6) is -0.879. The number of hydrogen-bond acceptors (Lipinski definition) is 4. The second-order valence-electron chi connectivity index (χ2n) is 4.61. The lowest BCUT2D eigenvalue weighted by Crippen LogP contribution is -2.53. The third-order valence-electron chi connectivity index (χ3n) is 3.26. The molecule has 4 N–H and O–H groups in total. The minimum absolute atomic E-state index is 0. The van der Waals surface area contributed by atoms with Gasteiger partial charge in [-0.15, -0.1) is 12.4 Å². The Hall–Kier alpha value is -1.63. The van der Waals surface area contributed by atoms with Gasteiger partial charge in [-0.3, -0.25) is 14.8 Å². The fourth-order valence-electron chi connectivity index (χ4n) is 2.12. The maximum absolute atomic E-state index is 12.0. The monoisotopic (exact) mass is 299 g/mol. The number of hydrogen-bond donors (Lipinski definition) is 4. The number of amides is 2. The molecule has 2 amide bonds. The van der Waals surface area contributed by atoms with Crippen molar-refractivity contribution in [1.82, 2.24) is 16.1 Å². The molecule has 0 aromatic heterocycles. The van der Waals surface area contributed by atoms with Crippen LogP contribution in [-0.4, -0.2) is 29.1 Å². The lowest BCUT2D eigenvalue weighted by Gasteiger charge is -2.26. The predicted molar refractivity (Wildman–Crippen MR) is 75.6 cm³/mol. The first kappa shape index (κ1) is 16.4. The van der Waals surface area contributed by atoms with E-state index in [0.717, 1.165) is 5.56 Å². The SMILES string of the molecule is C[C@H](NC(=O)[C@@H]1Cc2ccccc2CN1)C(=O)NO.Cl. The molecule has 0 fully saturated rings. The van der Waals surface area contributed by atoms with Crippen molar-refractivity contribution in [1.29, 1.82) is 0 Å². The number of hydroxylamine groups is 1. The van der Waals surface area contributed by atoms with Crippen LogP contribution in [0.25, 0.3) is 0 Å². The highest BCUT2D eigenvalue weighted by Gasteiger charge is 2.26. The summed E-state index contributed by atoms with van der Waals surface area (Å²) in [7, 11) is 0. The summed E-state index contributed by atoms with van der Waals surface area (Å²) in [6.45, 7) is 2.15. The van der Waals surface area contributed by atoms with E-state index in [1.54, 1.807) is 0 Å². The Balaban J connectivity index is 0.00000200. The van der Waals surface area contributed by atoms with Crippen molar-refractivity contribution in [2.75, 3.05) is 0 Å². The van der Waals surface area contributed by atoms with Crippen LogP contribution in [0.1, 0.15) is 18.1 Å². The zero-order valence-corrected chi connectivity index (χ0v) is 11.9. The number of carbonyl (C=O) groups excluding carboxylic acids is 2. The van der Waals surface area contributed by atoms with Gasteiger partial charge in [-0.1, -0.05) is 24.3 Å². The highest BCUT2D eigenvalue weighted by atomic mass is 35.5. The van der Waals surface area contributed by atoms with Crippen molar-refractivity contribution in [2.24, 2.45) is 0 Å². The molecule has 1 aliphatic heterocycles. The second kappa shape index (κ2) is 7.23. The quantitative estimate of drug-likeness (QED) is 0.472. The largest absolute Gasteiger partial charge is 0.343 e. The molecule has 20 heavy (non-hydrogen) atoms. The van der Waals surface area contributed by atoms with Crippen LogP contribution >= 0.6 is 12.4 Å². The lowest BCUT2D eigenvalue weighted by molar-refractivity contribution is -0.134. The van der Waals surface area contributed by atoms with Crippen molar-refractivity contribution in [3.8, 4) is 0 Å². The molecule has 0 spiro atoms. The summed E-state index contributed by atoms with van der Waals surface area (Å²) in [5.41, 5.74) is 3.84. The molecule has 2 atom stereocenters. The van der Waals surface area contributed by atoms with Gasteiger partial charge in [-0.05, 0) is 24.5 Å². The topological polar surface area (TPSA) is 90.5 Å². The van der Waals surface area contributed by atoms with Crippen molar-refractivity contribution in [2.45, 2.75) is 32.0 Å². The van der Waals surface area contributed by atoms with Gasteiger partial charge < -0.3 is 10.6 Å². The van der Waals surface area contributed by atoms with Crippen LogP contribution in [0.15, 0.2) is 24.3 Å². The Labute approximate surface area is 123 Å². The van der Waals surface area contributed by atoms with Crippen LogP contribution in [-0.2, 0) is 22.6 Å². The smallest absolute Gasteiger partial charge is 0.265 e. The molecule has 0 unspecified atom stereocenters. The zero-order chi connectivity index (χ0) is 13.8. The maximum atomic E-state index is 12.0. The van der Waals surface area contributed by atoms with E-state index < -0.39 is 11.9 Å². The second-order valence-corrected chi connectivity index (χ2v) is 4.61. The molecule has 1 aliphatic rings. The van der Waals surface area contributed by atoms with Gasteiger partial charge >= 0.3 is 0 Å². The number of fused-ring (bicyclic) bond motifs is 1. The molecule has 1 aromatic rings. The molecular weight excluding hydrogens is 282 g/mol. The highest BCUT2D eigenvalue weighted by molar-refractivity contribution is 5.89. The van der Waals surface area contributed by atoms with E-state index in [2.05, 4.69) is 10.6 Å². The number of benzene rings is 1. The van der Waals surface area contributed by atoms with Gasteiger partial charge in [0, 0.05) is 6.54 Å². The first-order valence-corrected chi connectivity index (χ1v) is 6.16. The average molecular weight is 300 g/mol. The summed E-state index contributed by atoms with van der Waals surface area (Å²) in [5, 5.41) is 14.2. The van der Waals surface area contributed by atoms with Gasteiger partial charge in [0.25, 0.3) is 5.91 Å². The molecule has 1 heterocycles. The summed E-state index contributed by atoms with van der Waals surface area (Å²) >= 11 is 0. The number of nitrogens with one attached hydrogen (secondary N) is 3. The molecule has 110 valence electrons. The van der Waals surface area contributed by atoms with Crippen LogP contribution in [0, 0.1) is 0 Å². The van der Waals surface area contributed by atoms with E-state index in [-0.39, 0.29) is 24.4 Å². The van der Waals surface area contributed by atoms with E-state index in [0.29, 0.717) is 13.0 Å². The normalized spacial score (nSPS) is 18.2. The van der Waals surface area contributed by atoms with Crippen LogP contribution in [0.3, 0.4) is 0 Å². The highest BCUT2D eigenvalue weighted by Crippen LogP contribution is 2.16. The van der Waals surface area contributed by atoms with E-state index >= 15 is 0 Å². The van der Waals surface area contributed by atoms with Gasteiger partial charge in [0.1, 0.15) is 6.04 Å². The Kier molecular flexibility index (Phi) is 5.94. The molecule has 0 saturated carbocycles. The van der Waals surface area contributed by atoms with Gasteiger partial charge in [-0.2, -0.15) is 0 Å². The number of rotatable bonds is 3. The minimum Gasteiger partial charge on any atom is -0.343 e. The van der Waals surface area contributed by atoms with Crippen molar-refractivity contribution >= 4 is 24.2 Å². The average Bonchev–Trinajstić information content (AvgIpc) is 2.45. The fourth-order valence-corrected chi connectivity index (χ4v) is 2.12. The summed E-state index contributed by atoms with van der Waals surface area (Å²) in [6, 6.07) is 6.81. The van der Waals surface area contributed by atoms with E-state index in [1.807, 2.05) is 24.3 Å². The lowest BCUT2D eigenvalue weighted by atomic mass is 9.95. The third-order valence-corrected chi connectivity index (χ3v) is 3.26. The first-order chi connectivity index (χ1) is 9.11. The molecule has 0 aliphatic carbocycles. The number of halogens is 1. The van der Waals surface area contributed by atoms with Crippen molar-refractivity contribution in [3.05, 3.63) is 35.4 Å². The number of carbonyl (C=O) groups is 2. The molecule has 7 heteroatoms. The summed E-state index contributed by atoms with van der Waals surface area (Å²) in [4.78, 5) is 23.1.